The molecule has 0 radical (unpaired) electrons. The van der Waals surface area contributed by atoms with Gasteiger partial charge in [-0.25, -0.2) is 0 Å². The Morgan fingerprint density at radius 1 is 1.41 bits per heavy atom. The number of halogens is 3. The van der Waals surface area contributed by atoms with Gasteiger partial charge >= 0.3 is 6.18 Å². The summed E-state index contributed by atoms with van der Waals surface area (Å²) in [5, 5.41) is 12.8. The zero-order valence-corrected chi connectivity index (χ0v) is 16.3. The Hall–Kier alpha value is -2.32. The number of hydrogen-bond acceptors (Lipinski definition) is 3. The highest BCUT2D eigenvalue weighted by Crippen LogP contribution is 2.45. The Morgan fingerprint density at radius 2 is 2.17 bits per heavy atom. The minimum absolute atomic E-state index is 0.129. The smallest absolute Gasteiger partial charge is 0.394 e. The van der Waals surface area contributed by atoms with Gasteiger partial charge in [0.2, 0.25) is 5.91 Å². The van der Waals surface area contributed by atoms with E-state index < -0.39 is 17.8 Å². The van der Waals surface area contributed by atoms with Crippen LogP contribution in [0.2, 0.25) is 0 Å². The molecule has 1 aliphatic carbocycles. The number of alkyl halides is 3. The second kappa shape index (κ2) is 7.18. The number of rotatable bonds is 4. The molecule has 2 aliphatic rings. The van der Waals surface area contributed by atoms with E-state index in [9.17, 15) is 23.1 Å². The number of nitrogens with one attached hydrogen (secondary N) is 2. The molecule has 156 valence electrons. The molecule has 0 fully saturated rings. The van der Waals surface area contributed by atoms with Crippen LogP contribution in [0.1, 0.15) is 30.2 Å². The summed E-state index contributed by atoms with van der Waals surface area (Å²) in [5.41, 5.74) is 1.72. The molecule has 5 nitrogen and oxygen atoms in total. The van der Waals surface area contributed by atoms with Gasteiger partial charge in [0, 0.05) is 23.5 Å². The minimum Gasteiger partial charge on any atom is -0.394 e. The maximum absolute atomic E-state index is 13.6. The second-order valence-corrected chi connectivity index (χ2v) is 7.89. The van der Waals surface area contributed by atoms with Gasteiger partial charge in [-0.2, -0.15) is 13.2 Å². The van der Waals surface area contributed by atoms with E-state index in [-0.39, 0.29) is 31.0 Å². The molecule has 1 aromatic carbocycles. The first-order chi connectivity index (χ1) is 13.7. The number of likely N-dealkylation sites (N-methyl/N-ethyl adjacent to an activating group) is 1. The lowest BCUT2D eigenvalue weighted by atomic mass is 9.79. The monoisotopic (exact) mass is 407 g/mol. The van der Waals surface area contributed by atoms with Crippen molar-refractivity contribution in [2.24, 2.45) is 5.92 Å². The molecule has 8 heteroatoms. The molecule has 0 unspecified atom stereocenters. The third-order valence-corrected chi connectivity index (χ3v) is 6.07. The SMILES string of the molecule is CC[C@@H](CO)NC(=O)[C@@H]1C=C2c3cccc4[nH]c(C(F)(F)F)c(c34)C[C@H]2N(C)C1. The topological polar surface area (TPSA) is 68.4 Å². The van der Waals surface area contributed by atoms with Crippen molar-refractivity contribution in [3.8, 4) is 0 Å². The van der Waals surface area contributed by atoms with Gasteiger partial charge in [-0.15, -0.1) is 0 Å². The lowest BCUT2D eigenvalue weighted by molar-refractivity contribution is -0.141. The summed E-state index contributed by atoms with van der Waals surface area (Å²) in [6.07, 6.45) is -1.68. The fourth-order valence-electron chi connectivity index (χ4n) is 4.53. The van der Waals surface area contributed by atoms with Crippen molar-refractivity contribution in [1.29, 1.82) is 0 Å². The summed E-state index contributed by atoms with van der Waals surface area (Å²) in [6.45, 7) is 2.17. The van der Waals surface area contributed by atoms with Gasteiger partial charge in [0.25, 0.3) is 0 Å². The average molecular weight is 407 g/mol. The fraction of sp³-hybridized carbons (Fsp3) is 0.476. The molecular weight excluding hydrogens is 383 g/mol. The van der Waals surface area contributed by atoms with Gasteiger partial charge in [0.1, 0.15) is 5.69 Å². The van der Waals surface area contributed by atoms with Gasteiger partial charge in [-0.3, -0.25) is 9.69 Å². The van der Waals surface area contributed by atoms with Crippen molar-refractivity contribution in [2.75, 3.05) is 20.2 Å². The molecule has 0 spiro atoms. The van der Waals surface area contributed by atoms with Crippen LogP contribution in [0, 0.1) is 5.92 Å². The third-order valence-electron chi connectivity index (χ3n) is 6.07. The molecule has 0 saturated carbocycles. The van der Waals surface area contributed by atoms with Crippen molar-refractivity contribution < 1.29 is 23.1 Å². The number of fused-ring (bicyclic) bond motifs is 2. The fourth-order valence-corrected chi connectivity index (χ4v) is 4.53. The van der Waals surface area contributed by atoms with E-state index in [1.165, 1.54) is 0 Å². The van der Waals surface area contributed by atoms with Gasteiger partial charge in [0.05, 0.1) is 18.6 Å². The van der Waals surface area contributed by atoms with Crippen LogP contribution in [0.5, 0.6) is 0 Å². The first-order valence-corrected chi connectivity index (χ1v) is 9.78. The molecule has 1 aliphatic heterocycles. The summed E-state index contributed by atoms with van der Waals surface area (Å²) in [6, 6.07) is 4.71. The number of aliphatic hydroxyl groups excluding tert-OH is 1. The molecule has 2 aromatic rings. The van der Waals surface area contributed by atoms with E-state index in [4.69, 9.17) is 0 Å². The number of H-pyrrole nitrogens is 1. The molecule has 1 aromatic heterocycles. The van der Waals surface area contributed by atoms with Crippen LogP contribution in [0.3, 0.4) is 0 Å². The first-order valence-electron chi connectivity index (χ1n) is 9.78. The molecule has 3 N–H and O–H groups in total. The van der Waals surface area contributed by atoms with E-state index >= 15 is 0 Å². The summed E-state index contributed by atoms with van der Waals surface area (Å²) in [4.78, 5) is 17.2. The van der Waals surface area contributed by atoms with Crippen LogP contribution in [-0.4, -0.2) is 53.2 Å². The standard InChI is InChI=1S/C21H24F3N3O2/c1-3-12(10-28)25-20(29)11-7-14-13-5-4-6-16-18(13)15(8-17(14)27(2)9-11)19(26-16)21(22,23)24/h4-7,11-12,17,26,28H,3,8-10H2,1-2H3,(H,25,29)/t11-,12+,17-/m1/s1. The van der Waals surface area contributed by atoms with Crippen molar-refractivity contribution in [3.05, 3.63) is 41.1 Å². The lowest BCUT2D eigenvalue weighted by Crippen LogP contribution is -2.48. The normalized spacial score (nSPS) is 22.9. The summed E-state index contributed by atoms with van der Waals surface area (Å²) >= 11 is 0. The van der Waals surface area contributed by atoms with Crippen LogP contribution in [0.15, 0.2) is 24.3 Å². The number of aromatic amines is 1. The van der Waals surface area contributed by atoms with E-state index in [2.05, 4.69) is 10.3 Å². The zero-order chi connectivity index (χ0) is 20.9. The molecule has 4 rings (SSSR count). The summed E-state index contributed by atoms with van der Waals surface area (Å²) in [5.74, 6) is -0.601. The van der Waals surface area contributed by atoms with Crippen LogP contribution in [0.4, 0.5) is 13.2 Å². The first kappa shape index (κ1) is 20.0. The molecule has 1 amide bonds. The van der Waals surface area contributed by atoms with E-state index in [1.54, 1.807) is 12.1 Å². The van der Waals surface area contributed by atoms with Crippen molar-refractivity contribution in [2.45, 2.75) is 38.0 Å². The van der Waals surface area contributed by atoms with Crippen LogP contribution < -0.4 is 5.32 Å². The van der Waals surface area contributed by atoms with Crippen LogP contribution in [0.25, 0.3) is 16.5 Å². The molecule has 0 saturated heterocycles. The number of benzene rings is 1. The van der Waals surface area contributed by atoms with Gasteiger partial charge in [-0.1, -0.05) is 25.1 Å². The molecule has 2 heterocycles. The molecule has 3 atom stereocenters. The zero-order valence-electron chi connectivity index (χ0n) is 16.3. The Labute approximate surface area is 166 Å². The highest BCUT2D eigenvalue weighted by molar-refractivity contribution is 6.00. The maximum Gasteiger partial charge on any atom is 0.431 e. The van der Waals surface area contributed by atoms with E-state index in [0.717, 1.165) is 11.1 Å². The molecule has 0 bridgehead atoms. The number of carbonyl (C=O) groups excluding carboxylic acids is 1. The van der Waals surface area contributed by atoms with E-state index in [0.29, 0.717) is 29.4 Å². The van der Waals surface area contributed by atoms with E-state index in [1.807, 2.05) is 31.0 Å². The Kier molecular flexibility index (Phi) is 4.94. The Morgan fingerprint density at radius 3 is 2.83 bits per heavy atom. The van der Waals surface area contributed by atoms with Gasteiger partial charge in [0.15, 0.2) is 0 Å². The van der Waals surface area contributed by atoms with Crippen molar-refractivity contribution in [1.82, 2.24) is 15.2 Å². The number of carbonyl (C=O) groups is 1. The van der Waals surface area contributed by atoms with Crippen LogP contribution in [-0.2, 0) is 17.4 Å². The lowest BCUT2D eigenvalue weighted by Gasteiger charge is -2.40. The molecular formula is C21H24F3N3O2. The second-order valence-electron chi connectivity index (χ2n) is 7.89. The van der Waals surface area contributed by atoms with Gasteiger partial charge < -0.3 is 15.4 Å². The summed E-state index contributed by atoms with van der Waals surface area (Å²) < 4.78 is 40.7. The Bertz CT molecular complexity index is 975. The van der Waals surface area contributed by atoms with Crippen molar-refractivity contribution in [3.63, 3.8) is 0 Å². The highest BCUT2D eigenvalue weighted by Gasteiger charge is 2.42. The van der Waals surface area contributed by atoms with Gasteiger partial charge in [-0.05, 0) is 42.7 Å². The predicted molar refractivity (Wildman–Crippen MR) is 104 cm³/mol. The number of aromatic nitrogens is 1. The minimum atomic E-state index is -4.44. The summed E-state index contributed by atoms with van der Waals surface area (Å²) in [7, 11) is 1.84. The highest BCUT2D eigenvalue weighted by atomic mass is 19.4. The van der Waals surface area contributed by atoms with Crippen molar-refractivity contribution >= 4 is 22.4 Å². The number of aliphatic hydroxyl groups is 1. The molecule has 29 heavy (non-hydrogen) atoms. The quantitative estimate of drug-likeness (QED) is 0.730. The largest absolute Gasteiger partial charge is 0.431 e. The predicted octanol–water partition coefficient (Wildman–Crippen LogP) is 2.94. The Balaban J connectivity index is 1.78. The number of amides is 1. The third kappa shape index (κ3) is 3.34. The average Bonchev–Trinajstić information content (AvgIpc) is 3.07. The van der Waals surface area contributed by atoms with Crippen LogP contribution >= 0.6 is 0 Å². The maximum atomic E-state index is 13.6. The number of nitrogens with zero attached hydrogens (tertiary/aromatic N) is 1. The number of hydrogen-bond donors (Lipinski definition) is 3.